The van der Waals surface area contributed by atoms with Crippen LogP contribution in [0.25, 0.3) is 0 Å². The zero-order valence-corrected chi connectivity index (χ0v) is 12.0. The first-order chi connectivity index (χ1) is 8.26. The van der Waals surface area contributed by atoms with Gasteiger partial charge in [-0.1, -0.05) is 17.7 Å². The Morgan fingerprint density at radius 1 is 1.17 bits per heavy atom. The van der Waals surface area contributed by atoms with Gasteiger partial charge in [0.05, 0.1) is 12.3 Å². The molecule has 0 bridgehead atoms. The van der Waals surface area contributed by atoms with Gasteiger partial charge in [0.1, 0.15) is 0 Å². The number of carbonyl (C=O) groups excluding carboxylic acids is 1. The molecule has 0 aliphatic carbocycles. The third-order valence-electron chi connectivity index (χ3n) is 2.79. The largest absolute Gasteiger partial charge is 0.293 e. The fourth-order valence-corrected chi connectivity index (χ4v) is 2.54. The summed E-state index contributed by atoms with van der Waals surface area (Å²) in [4.78, 5) is 12.0. The zero-order valence-electron chi connectivity index (χ0n) is 11.2. The molecule has 0 aromatic heterocycles. The highest BCUT2D eigenvalue weighted by Gasteiger charge is 2.15. The molecule has 0 fully saturated rings. The number of benzene rings is 1. The van der Waals surface area contributed by atoms with Crippen LogP contribution < -0.4 is 4.72 Å². The quantitative estimate of drug-likeness (QED) is 0.828. The Balaban J connectivity index is 2.93. The monoisotopic (exact) mass is 269 g/mol. The van der Waals surface area contributed by atoms with E-state index in [0.29, 0.717) is 5.56 Å². The fourth-order valence-electron chi connectivity index (χ4n) is 1.99. The van der Waals surface area contributed by atoms with E-state index in [2.05, 4.69) is 4.72 Å². The van der Waals surface area contributed by atoms with Crippen molar-refractivity contribution < 1.29 is 13.2 Å². The highest BCUT2D eigenvalue weighted by Crippen LogP contribution is 2.16. The number of Topliss-reactive ketones (excluding diaryl/α,β-unsaturated/α-hetero) is 1. The Bertz CT molecular complexity index is 539. The predicted octanol–water partition coefficient (Wildman–Crippen LogP) is 1.73. The van der Waals surface area contributed by atoms with Gasteiger partial charge in [-0.25, -0.2) is 13.1 Å². The van der Waals surface area contributed by atoms with E-state index in [-0.39, 0.29) is 18.1 Å². The van der Waals surface area contributed by atoms with Crippen LogP contribution in [0.15, 0.2) is 12.1 Å². The van der Waals surface area contributed by atoms with Crippen molar-refractivity contribution in [1.29, 1.82) is 0 Å². The zero-order chi connectivity index (χ0) is 13.9. The molecule has 0 spiro atoms. The van der Waals surface area contributed by atoms with E-state index >= 15 is 0 Å². The summed E-state index contributed by atoms with van der Waals surface area (Å²) in [5, 5.41) is 0. The van der Waals surface area contributed by atoms with Crippen LogP contribution in [-0.2, 0) is 10.0 Å². The van der Waals surface area contributed by atoms with Crippen LogP contribution >= 0.6 is 0 Å². The van der Waals surface area contributed by atoms with Crippen molar-refractivity contribution in [3.63, 3.8) is 0 Å². The standard InChI is InChI=1S/C13H19NO3S/c1-5-18(16,17)14-8-12(15)13-10(3)6-9(2)7-11(13)4/h6-7,14H,5,8H2,1-4H3. The summed E-state index contributed by atoms with van der Waals surface area (Å²) in [6, 6.07) is 3.85. The molecule has 0 radical (unpaired) electrons. The van der Waals surface area contributed by atoms with Crippen LogP contribution in [0.4, 0.5) is 0 Å². The van der Waals surface area contributed by atoms with E-state index in [1.165, 1.54) is 6.92 Å². The van der Waals surface area contributed by atoms with Crippen molar-refractivity contribution in [2.45, 2.75) is 27.7 Å². The van der Waals surface area contributed by atoms with Gasteiger partial charge in [0.25, 0.3) is 0 Å². The molecule has 100 valence electrons. The van der Waals surface area contributed by atoms with E-state index in [1.54, 1.807) is 0 Å². The van der Waals surface area contributed by atoms with Crippen LogP contribution in [0.1, 0.15) is 34.0 Å². The molecule has 1 aromatic carbocycles. The maximum absolute atomic E-state index is 12.0. The molecule has 0 saturated heterocycles. The minimum Gasteiger partial charge on any atom is -0.293 e. The minimum atomic E-state index is -3.33. The van der Waals surface area contributed by atoms with Crippen molar-refractivity contribution in [2.24, 2.45) is 0 Å². The highest BCUT2D eigenvalue weighted by atomic mass is 32.2. The van der Waals surface area contributed by atoms with Gasteiger partial charge in [0, 0.05) is 5.56 Å². The molecule has 1 N–H and O–H groups in total. The summed E-state index contributed by atoms with van der Waals surface area (Å²) in [5.74, 6) is -0.214. The van der Waals surface area contributed by atoms with Gasteiger partial charge >= 0.3 is 0 Å². The number of hydrogen-bond acceptors (Lipinski definition) is 3. The van der Waals surface area contributed by atoms with Crippen LogP contribution in [0.5, 0.6) is 0 Å². The summed E-state index contributed by atoms with van der Waals surface area (Å²) in [6.07, 6.45) is 0. The number of hydrogen-bond donors (Lipinski definition) is 1. The second-order valence-electron chi connectivity index (χ2n) is 4.42. The maximum atomic E-state index is 12.0. The van der Waals surface area contributed by atoms with Crippen LogP contribution in [0.3, 0.4) is 0 Å². The Morgan fingerprint density at radius 2 is 1.67 bits per heavy atom. The van der Waals surface area contributed by atoms with Crippen LogP contribution in [0, 0.1) is 20.8 Å². The van der Waals surface area contributed by atoms with Crippen molar-refractivity contribution in [1.82, 2.24) is 4.72 Å². The molecule has 0 aliphatic rings. The molecule has 0 saturated carbocycles. The van der Waals surface area contributed by atoms with Crippen LogP contribution in [-0.4, -0.2) is 26.5 Å². The summed E-state index contributed by atoms with van der Waals surface area (Å²) >= 11 is 0. The molecular weight excluding hydrogens is 250 g/mol. The number of rotatable bonds is 5. The van der Waals surface area contributed by atoms with E-state index in [0.717, 1.165) is 16.7 Å². The normalized spacial score (nSPS) is 11.6. The second-order valence-corrected chi connectivity index (χ2v) is 6.52. The molecule has 0 amide bonds. The molecule has 1 aromatic rings. The first-order valence-corrected chi connectivity index (χ1v) is 7.50. The molecule has 1 rings (SSSR count). The van der Waals surface area contributed by atoms with Gasteiger partial charge in [0.15, 0.2) is 5.78 Å². The number of nitrogens with one attached hydrogen (secondary N) is 1. The van der Waals surface area contributed by atoms with E-state index < -0.39 is 10.0 Å². The first-order valence-electron chi connectivity index (χ1n) is 5.85. The topological polar surface area (TPSA) is 63.2 Å². The van der Waals surface area contributed by atoms with Gasteiger partial charge in [-0.2, -0.15) is 0 Å². The number of aryl methyl sites for hydroxylation is 3. The lowest BCUT2D eigenvalue weighted by molar-refractivity contribution is 0.0996. The minimum absolute atomic E-state index is 0.0217. The highest BCUT2D eigenvalue weighted by molar-refractivity contribution is 7.89. The summed E-state index contributed by atoms with van der Waals surface area (Å²) in [5.41, 5.74) is 3.47. The number of carbonyl (C=O) groups is 1. The average Bonchev–Trinajstić information content (AvgIpc) is 2.25. The maximum Gasteiger partial charge on any atom is 0.211 e. The lowest BCUT2D eigenvalue weighted by atomic mass is 9.97. The molecule has 5 heteroatoms. The van der Waals surface area contributed by atoms with Gasteiger partial charge in [-0.15, -0.1) is 0 Å². The van der Waals surface area contributed by atoms with Gasteiger partial charge in [-0.3, -0.25) is 4.79 Å². The SMILES string of the molecule is CCS(=O)(=O)NCC(=O)c1c(C)cc(C)cc1C. The van der Waals surface area contributed by atoms with Crippen molar-refractivity contribution in [3.05, 3.63) is 34.4 Å². The van der Waals surface area contributed by atoms with Gasteiger partial charge < -0.3 is 0 Å². The molecule has 0 heterocycles. The third-order valence-corrected chi connectivity index (χ3v) is 4.13. The third kappa shape index (κ3) is 3.65. The lowest BCUT2D eigenvalue weighted by Gasteiger charge is -2.10. The lowest BCUT2D eigenvalue weighted by Crippen LogP contribution is -2.31. The molecule has 0 atom stereocenters. The first kappa shape index (κ1) is 14.9. The average molecular weight is 269 g/mol. The van der Waals surface area contributed by atoms with Crippen molar-refractivity contribution >= 4 is 15.8 Å². The molecular formula is C13H19NO3S. The second kappa shape index (κ2) is 5.63. The summed E-state index contributed by atoms with van der Waals surface area (Å²) < 4.78 is 24.9. The smallest absolute Gasteiger partial charge is 0.211 e. The molecule has 4 nitrogen and oxygen atoms in total. The number of ketones is 1. The van der Waals surface area contributed by atoms with Crippen LogP contribution in [0.2, 0.25) is 0 Å². The molecule has 0 unspecified atom stereocenters. The summed E-state index contributed by atoms with van der Waals surface area (Å²) in [6.45, 7) is 7.05. The molecule has 0 aliphatic heterocycles. The Hall–Kier alpha value is -1.20. The van der Waals surface area contributed by atoms with Gasteiger partial charge in [0.2, 0.25) is 10.0 Å². The summed E-state index contributed by atoms with van der Waals surface area (Å²) in [7, 11) is -3.33. The Labute approximate surface area is 108 Å². The van der Waals surface area contributed by atoms with E-state index in [4.69, 9.17) is 0 Å². The predicted molar refractivity (Wildman–Crippen MR) is 72.4 cm³/mol. The Kier molecular flexibility index (Phi) is 4.65. The Morgan fingerprint density at radius 3 is 2.11 bits per heavy atom. The van der Waals surface area contributed by atoms with Gasteiger partial charge in [-0.05, 0) is 38.8 Å². The molecule has 18 heavy (non-hydrogen) atoms. The van der Waals surface area contributed by atoms with Crippen molar-refractivity contribution in [2.75, 3.05) is 12.3 Å². The van der Waals surface area contributed by atoms with E-state index in [9.17, 15) is 13.2 Å². The van der Waals surface area contributed by atoms with Crippen molar-refractivity contribution in [3.8, 4) is 0 Å². The number of sulfonamides is 1. The van der Waals surface area contributed by atoms with E-state index in [1.807, 2.05) is 32.9 Å². The fraction of sp³-hybridized carbons (Fsp3) is 0.462.